The molecule has 0 saturated heterocycles. The van der Waals surface area contributed by atoms with Gasteiger partial charge in [-0.3, -0.25) is 0 Å². The van der Waals surface area contributed by atoms with E-state index in [1.165, 1.54) is 21.2 Å². The third-order valence-electron chi connectivity index (χ3n) is 6.23. The summed E-state index contributed by atoms with van der Waals surface area (Å²) in [6.07, 6.45) is 0. The first kappa shape index (κ1) is 22.1. The predicted molar refractivity (Wildman–Crippen MR) is 145 cm³/mol. The van der Waals surface area contributed by atoms with Crippen LogP contribution >= 0.6 is 7.26 Å². The van der Waals surface area contributed by atoms with E-state index in [1.54, 1.807) is 0 Å². The zero-order chi connectivity index (χ0) is 23.2. The predicted octanol–water partition coefficient (Wildman–Crippen LogP) is 5.32. The van der Waals surface area contributed by atoms with Crippen molar-refractivity contribution in [3.63, 3.8) is 0 Å². The number of aliphatic hydroxyl groups excluding tert-OH is 1. The van der Waals surface area contributed by atoms with E-state index in [4.69, 9.17) is 4.74 Å². The minimum atomic E-state index is -2.58. The number of benzene rings is 5. The van der Waals surface area contributed by atoms with Gasteiger partial charge in [0.2, 0.25) is 0 Å². The summed E-state index contributed by atoms with van der Waals surface area (Å²) in [7, 11) is -2.58. The average Bonchev–Trinajstić information content (AvgIpc) is 2.92. The Hall–Kier alpha value is -3.71. The summed E-state index contributed by atoms with van der Waals surface area (Å²) in [5.74, 6) is 1.55. The van der Waals surface area contributed by atoms with Crippen molar-refractivity contribution in [1.29, 1.82) is 0 Å². The van der Waals surface area contributed by atoms with Crippen LogP contribution in [-0.4, -0.2) is 5.11 Å². The van der Waals surface area contributed by atoms with Gasteiger partial charge in [0, 0.05) is 0 Å². The third kappa shape index (κ3) is 4.26. The van der Waals surface area contributed by atoms with Gasteiger partial charge in [-0.1, -0.05) is 0 Å². The Balaban J connectivity index is 1.70. The average molecular weight is 463 g/mol. The first-order valence-electron chi connectivity index (χ1n) is 11.5. The Morgan fingerprint density at radius 3 is 1.41 bits per heavy atom. The van der Waals surface area contributed by atoms with E-state index < -0.39 is 7.26 Å². The van der Waals surface area contributed by atoms with Crippen LogP contribution in [0.5, 0.6) is 11.5 Å². The molecule has 0 saturated carbocycles. The van der Waals surface area contributed by atoms with E-state index in [2.05, 4.69) is 109 Å². The van der Waals surface area contributed by atoms with Crippen molar-refractivity contribution in [3.05, 3.63) is 145 Å². The van der Waals surface area contributed by atoms with Gasteiger partial charge in [0.1, 0.15) is 0 Å². The van der Waals surface area contributed by atoms with Crippen LogP contribution in [0.15, 0.2) is 140 Å². The van der Waals surface area contributed by atoms with Gasteiger partial charge >= 0.3 is 202 Å². The van der Waals surface area contributed by atoms with Gasteiger partial charge in [-0.05, 0) is 0 Å². The number of hydrogen-bond donors (Lipinski definition) is 1. The van der Waals surface area contributed by atoms with Crippen LogP contribution < -0.4 is 26.0 Å². The summed E-state index contributed by atoms with van der Waals surface area (Å²) in [5, 5.41) is 14.6. The van der Waals surface area contributed by atoms with E-state index >= 15 is 0 Å². The standard InChI is InChI=1S/C31H27O2P/c32-24-25-19-21-26(22-20-25)33-27-11-10-18-31(23-27)34(28-12-4-1-5-13-28,29-14-6-2-7-15-29)30-16-8-3-9-17-30/h1-23,32,34H,24H2. The van der Waals surface area contributed by atoms with Crippen LogP contribution in [0.1, 0.15) is 5.56 Å². The molecule has 0 unspecified atom stereocenters. The van der Waals surface area contributed by atoms with Crippen molar-refractivity contribution >= 4 is 28.5 Å². The minimum absolute atomic E-state index is 0.0229. The first-order chi connectivity index (χ1) is 16.8. The second kappa shape index (κ2) is 10.1. The number of aliphatic hydroxyl groups is 1. The van der Waals surface area contributed by atoms with Crippen molar-refractivity contribution in [3.8, 4) is 11.5 Å². The maximum atomic E-state index is 9.33. The molecule has 0 amide bonds. The molecule has 0 spiro atoms. The number of ether oxygens (including phenoxy) is 1. The molecule has 34 heavy (non-hydrogen) atoms. The molecule has 0 aliphatic heterocycles. The molecule has 0 aliphatic rings. The normalized spacial score (nSPS) is 11.7. The van der Waals surface area contributed by atoms with E-state index in [0.717, 1.165) is 17.1 Å². The van der Waals surface area contributed by atoms with Crippen LogP contribution in [-0.2, 0) is 6.61 Å². The van der Waals surface area contributed by atoms with E-state index in [0.29, 0.717) is 0 Å². The van der Waals surface area contributed by atoms with Crippen molar-refractivity contribution in [2.75, 3.05) is 0 Å². The van der Waals surface area contributed by atoms with E-state index in [1.807, 2.05) is 30.3 Å². The molecular formula is C31H27O2P. The van der Waals surface area contributed by atoms with Crippen LogP contribution in [0, 0.1) is 0 Å². The fourth-order valence-electron chi connectivity index (χ4n) is 4.66. The van der Waals surface area contributed by atoms with Crippen LogP contribution in [0.2, 0.25) is 0 Å². The molecule has 0 aliphatic carbocycles. The molecule has 0 heterocycles. The summed E-state index contributed by atoms with van der Waals surface area (Å²) in [6, 6.07) is 48.6. The van der Waals surface area contributed by atoms with Crippen molar-refractivity contribution < 1.29 is 9.84 Å². The summed E-state index contributed by atoms with van der Waals surface area (Å²) in [4.78, 5) is 0. The second-order valence-corrected chi connectivity index (χ2v) is 12.1. The Morgan fingerprint density at radius 2 is 0.941 bits per heavy atom. The Bertz CT molecular complexity index is 1240. The number of rotatable bonds is 7. The van der Waals surface area contributed by atoms with Crippen molar-refractivity contribution in [2.24, 2.45) is 0 Å². The van der Waals surface area contributed by atoms with Crippen LogP contribution in [0.4, 0.5) is 0 Å². The molecule has 5 aromatic carbocycles. The zero-order valence-corrected chi connectivity index (χ0v) is 19.8. The Kier molecular flexibility index (Phi) is 6.53. The Morgan fingerprint density at radius 1 is 0.471 bits per heavy atom. The summed E-state index contributed by atoms with van der Waals surface area (Å²) in [5.41, 5.74) is 0.866. The fraction of sp³-hybridized carbons (Fsp3) is 0.0323. The Labute approximate surface area is 201 Å². The third-order valence-corrected chi connectivity index (χ3v) is 11.0. The molecule has 5 aromatic rings. The monoisotopic (exact) mass is 462 g/mol. The zero-order valence-electron chi connectivity index (χ0n) is 18.8. The fourth-order valence-corrected chi connectivity index (χ4v) is 9.44. The van der Waals surface area contributed by atoms with Gasteiger partial charge in [-0.15, -0.1) is 0 Å². The topological polar surface area (TPSA) is 29.5 Å². The maximum absolute atomic E-state index is 9.33. The molecular weight excluding hydrogens is 435 g/mol. The molecule has 0 fully saturated rings. The molecule has 0 aromatic heterocycles. The quantitative estimate of drug-likeness (QED) is 0.332. The SMILES string of the molecule is OCc1ccc(Oc2cccc([PH](c3ccccc3)(c3ccccc3)c3ccccc3)c2)cc1. The molecule has 3 heteroatoms. The van der Waals surface area contributed by atoms with Crippen molar-refractivity contribution in [1.82, 2.24) is 0 Å². The molecule has 0 radical (unpaired) electrons. The summed E-state index contributed by atoms with van der Waals surface area (Å²) >= 11 is 0. The number of hydrogen-bond acceptors (Lipinski definition) is 2. The molecule has 1 N–H and O–H groups in total. The molecule has 5 rings (SSSR count). The van der Waals surface area contributed by atoms with Gasteiger partial charge < -0.3 is 0 Å². The van der Waals surface area contributed by atoms with E-state index in [9.17, 15) is 5.11 Å². The molecule has 0 bridgehead atoms. The second-order valence-electron chi connectivity index (χ2n) is 8.28. The van der Waals surface area contributed by atoms with Gasteiger partial charge in [-0.25, -0.2) is 0 Å². The summed E-state index contributed by atoms with van der Waals surface area (Å²) < 4.78 is 6.26. The van der Waals surface area contributed by atoms with Gasteiger partial charge in [0.25, 0.3) is 0 Å². The first-order valence-corrected chi connectivity index (χ1v) is 13.5. The van der Waals surface area contributed by atoms with Crippen LogP contribution in [0.3, 0.4) is 0 Å². The molecule has 168 valence electrons. The molecule has 2 nitrogen and oxygen atoms in total. The van der Waals surface area contributed by atoms with Gasteiger partial charge in [-0.2, -0.15) is 0 Å². The molecule has 0 atom stereocenters. The van der Waals surface area contributed by atoms with Gasteiger partial charge in [0.15, 0.2) is 0 Å². The summed E-state index contributed by atoms with van der Waals surface area (Å²) in [6.45, 7) is 0.0229. The van der Waals surface area contributed by atoms with Crippen molar-refractivity contribution in [2.45, 2.75) is 6.61 Å². The van der Waals surface area contributed by atoms with Gasteiger partial charge in [0.05, 0.1) is 0 Å². The van der Waals surface area contributed by atoms with Crippen LogP contribution in [0.25, 0.3) is 0 Å². The van der Waals surface area contributed by atoms with E-state index in [-0.39, 0.29) is 6.61 Å².